The maximum atomic E-state index is 5.44. The van der Waals surface area contributed by atoms with Crippen molar-refractivity contribution in [3.8, 4) is 5.75 Å². The summed E-state index contributed by atoms with van der Waals surface area (Å²) in [4.78, 5) is 4.56. The lowest BCUT2D eigenvalue weighted by Crippen LogP contribution is -2.13. The van der Waals surface area contributed by atoms with Gasteiger partial charge in [0.05, 0.1) is 7.11 Å². The summed E-state index contributed by atoms with van der Waals surface area (Å²) >= 11 is 0. The second-order valence-corrected chi connectivity index (χ2v) is 8.35. The van der Waals surface area contributed by atoms with Crippen LogP contribution in [0.15, 0.2) is 133 Å². The number of ether oxygens (including phenoxy) is 1. The summed E-state index contributed by atoms with van der Waals surface area (Å²) in [6.07, 6.45) is 0. The third-order valence-corrected chi connectivity index (χ3v) is 6.05. The number of hydrogen-bond donors (Lipinski definition) is 0. The molecule has 5 aromatic rings. The van der Waals surface area contributed by atoms with Gasteiger partial charge in [0.1, 0.15) is 5.75 Å². The van der Waals surface area contributed by atoms with Gasteiger partial charge in [-0.15, -0.1) is 0 Å². The van der Waals surface area contributed by atoms with E-state index in [-0.39, 0.29) is 0 Å². The third-order valence-electron chi connectivity index (χ3n) is 6.05. The fourth-order valence-electron chi connectivity index (χ4n) is 4.36. The van der Waals surface area contributed by atoms with Gasteiger partial charge in [0, 0.05) is 34.1 Å². The second-order valence-electron chi connectivity index (χ2n) is 8.35. The standard InChI is InChI=1S/C32H28N2O/c1-25-24-31(35-2)22-23-32(25)34(28-16-10-5-11-17-28)30-20-18-29(19-21-30)33(26-12-6-3-7-13-26)27-14-8-4-9-15-27/h3-24H,1-2H3. The topological polar surface area (TPSA) is 15.7 Å². The Kier molecular flexibility index (Phi) is 6.49. The maximum absolute atomic E-state index is 5.44. The van der Waals surface area contributed by atoms with Gasteiger partial charge in [-0.1, -0.05) is 54.6 Å². The predicted molar refractivity (Wildman–Crippen MR) is 147 cm³/mol. The van der Waals surface area contributed by atoms with Crippen molar-refractivity contribution in [2.75, 3.05) is 16.9 Å². The zero-order valence-electron chi connectivity index (χ0n) is 20.0. The Hall–Kier alpha value is -4.50. The van der Waals surface area contributed by atoms with E-state index < -0.39 is 0 Å². The van der Waals surface area contributed by atoms with Crippen molar-refractivity contribution in [1.29, 1.82) is 0 Å². The first-order valence-electron chi connectivity index (χ1n) is 11.7. The fourth-order valence-corrected chi connectivity index (χ4v) is 4.36. The molecule has 0 heterocycles. The molecular formula is C32H28N2O. The normalized spacial score (nSPS) is 10.6. The predicted octanol–water partition coefficient (Wildman–Crippen LogP) is 8.94. The van der Waals surface area contributed by atoms with Crippen LogP contribution in [0.1, 0.15) is 5.56 Å². The lowest BCUT2D eigenvalue weighted by molar-refractivity contribution is 0.414. The highest BCUT2D eigenvalue weighted by molar-refractivity contribution is 5.82. The average molecular weight is 457 g/mol. The van der Waals surface area contributed by atoms with Crippen LogP contribution in [0.3, 0.4) is 0 Å². The van der Waals surface area contributed by atoms with Crippen LogP contribution in [0.4, 0.5) is 34.1 Å². The minimum absolute atomic E-state index is 0.857. The van der Waals surface area contributed by atoms with Gasteiger partial charge in [0.25, 0.3) is 0 Å². The van der Waals surface area contributed by atoms with Crippen LogP contribution in [-0.4, -0.2) is 7.11 Å². The third kappa shape index (κ3) is 4.75. The van der Waals surface area contributed by atoms with E-state index in [1.54, 1.807) is 7.11 Å². The van der Waals surface area contributed by atoms with Crippen molar-refractivity contribution in [2.45, 2.75) is 6.92 Å². The minimum Gasteiger partial charge on any atom is -0.497 e. The van der Waals surface area contributed by atoms with E-state index in [4.69, 9.17) is 4.74 Å². The summed E-state index contributed by atoms with van der Waals surface area (Å²) in [5, 5.41) is 0. The van der Waals surface area contributed by atoms with Gasteiger partial charge < -0.3 is 14.5 Å². The van der Waals surface area contributed by atoms with E-state index >= 15 is 0 Å². The number of nitrogens with zero attached hydrogens (tertiary/aromatic N) is 2. The first-order valence-corrected chi connectivity index (χ1v) is 11.7. The van der Waals surface area contributed by atoms with Crippen LogP contribution in [0.5, 0.6) is 5.75 Å². The first-order chi connectivity index (χ1) is 17.2. The zero-order chi connectivity index (χ0) is 24.0. The Morgan fingerprint density at radius 1 is 0.457 bits per heavy atom. The number of methoxy groups -OCH3 is 1. The fraction of sp³-hybridized carbons (Fsp3) is 0.0625. The molecule has 0 fully saturated rings. The van der Waals surface area contributed by atoms with E-state index in [9.17, 15) is 0 Å². The Morgan fingerprint density at radius 3 is 1.29 bits per heavy atom. The van der Waals surface area contributed by atoms with Gasteiger partial charge in [-0.2, -0.15) is 0 Å². The summed E-state index contributed by atoms with van der Waals surface area (Å²) in [6, 6.07) is 46.3. The monoisotopic (exact) mass is 456 g/mol. The van der Waals surface area contributed by atoms with E-state index in [2.05, 4.69) is 126 Å². The van der Waals surface area contributed by atoms with Crippen molar-refractivity contribution in [2.24, 2.45) is 0 Å². The van der Waals surface area contributed by atoms with E-state index in [1.807, 2.05) is 24.3 Å². The highest BCUT2D eigenvalue weighted by Gasteiger charge is 2.17. The Bertz CT molecular complexity index is 1330. The number of anilines is 6. The molecule has 0 saturated carbocycles. The summed E-state index contributed by atoms with van der Waals surface area (Å²) in [5.41, 5.74) is 7.81. The molecule has 0 saturated heterocycles. The molecule has 35 heavy (non-hydrogen) atoms. The smallest absolute Gasteiger partial charge is 0.119 e. The molecule has 0 aromatic heterocycles. The lowest BCUT2D eigenvalue weighted by Gasteiger charge is -2.29. The molecule has 5 rings (SSSR count). The summed E-state index contributed by atoms with van der Waals surface area (Å²) in [6.45, 7) is 2.12. The van der Waals surface area contributed by atoms with Gasteiger partial charge in [0.15, 0.2) is 0 Å². The van der Waals surface area contributed by atoms with Crippen LogP contribution in [0, 0.1) is 6.92 Å². The molecule has 0 aliphatic heterocycles. The highest BCUT2D eigenvalue weighted by atomic mass is 16.5. The van der Waals surface area contributed by atoms with Gasteiger partial charge in [-0.3, -0.25) is 0 Å². The number of aryl methyl sites for hydroxylation is 1. The molecule has 3 heteroatoms. The Morgan fingerprint density at radius 2 is 0.857 bits per heavy atom. The van der Waals surface area contributed by atoms with E-state index in [0.717, 1.165) is 45.4 Å². The molecule has 0 bridgehead atoms. The lowest BCUT2D eigenvalue weighted by atomic mass is 10.1. The second kappa shape index (κ2) is 10.2. The maximum Gasteiger partial charge on any atom is 0.119 e. The molecule has 0 amide bonds. The number of rotatable bonds is 7. The molecular weight excluding hydrogens is 428 g/mol. The molecule has 5 aromatic carbocycles. The molecule has 0 aliphatic carbocycles. The van der Waals surface area contributed by atoms with Crippen molar-refractivity contribution < 1.29 is 4.74 Å². The molecule has 0 spiro atoms. The van der Waals surface area contributed by atoms with Crippen LogP contribution in [-0.2, 0) is 0 Å². The van der Waals surface area contributed by atoms with Crippen molar-refractivity contribution in [3.63, 3.8) is 0 Å². The molecule has 0 N–H and O–H groups in total. The minimum atomic E-state index is 0.857. The van der Waals surface area contributed by atoms with Gasteiger partial charge in [0.2, 0.25) is 0 Å². The number of benzene rings is 5. The quantitative estimate of drug-likeness (QED) is 0.243. The molecule has 0 atom stereocenters. The Labute approximate surface area is 207 Å². The van der Waals surface area contributed by atoms with Crippen LogP contribution < -0.4 is 14.5 Å². The highest BCUT2D eigenvalue weighted by Crippen LogP contribution is 2.40. The molecule has 172 valence electrons. The van der Waals surface area contributed by atoms with Gasteiger partial charge in [-0.25, -0.2) is 0 Å². The van der Waals surface area contributed by atoms with E-state index in [1.165, 1.54) is 0 Å². The van der Waals surface area contributed by atoms with Crippen molar-refractivity contribution in [3.05, 3.63) is 139 Å². The van der Waals surface area contributed by atoms with Crippen LogP contribution in [0.2, 0.25) is 0 Å². The molecule has 0 radical (unpaired) electrons. The summed E-state index contributed by atoms with van der Waals surface area (Å²) in [5.74, 6) is 0.857. The summed E-state index contributed by atoms with van der Waals surface area (Å²) < 4.78 is 5.44. The van der Waals surface area contributed by atoms with Gasteiger partial charge in [-0.05, 0) is 91.3 Å². The molecule has 0 unspecified atom stereocenters. The largest absolute Gasteiger partial charge is 0.497 e. The molecule has 3 nitrogen and oxygen atoms in total. The van der Waals surface area contributed by atoms with E-state index in [0.29, 0.717) is 0 Å². The van der Waals surface area contributed by atoms with Crippen LogP contribution >= 0.6 is 0 Å². The van der Waals surface area contributed by atoms with Crippen molar-refractivity contribution >= 4 is 34.1 Å². The van der Waals surface area contributed by atoms with Gasteiger partial charge >= 0.3 is 0 Å². The number of hydrogen-bond acceptors (Lipinski definition) is 3. The van der Waals surface area contributed by atoms with Crippen LogP contribution in [0.25, 0.3) is 0 Å². The summed E-state index contributed by atoms with van der Waals surface area (Å²) in [7, 11) is 1.70. The Balaban J connectivity index is 1.58. The zero-order valence-corrected chi connectivity index (χ0v) is 20.0. The average Bonchev–Trinajstić information content (AvgIpc) is 2.92. The first kappa shape index (κ1) is 22.3. The number of para-hydroxylation sites is 3. The van der Waals surface area contributed by atoms with Crippen molar-refractivity contribution in [1.82, 2.24) is 0 Å². The SMILES string of the molecule is COc1ccc(N(c2ccccc2)c2ccc(N(c3ccccc3)c3ccccc3)cc2)c(C)c1. The molecule has 0 aliphatic rings.